The lowest BCUT2D eigenvalue weighted by Crippen LogP contribution is -2.36. The van der Waals surface area contributed by atoms with Crippen LogP contribution in [0.2, 0.25) is 0 Å². The number of carbonyl (C=O) groups is 2. The van der Waals surface area contributed by atoms with E-state index in [-0.39, 0.29) is 0 Å². The average Bonchev–Trinajstić information content (AvgIpc) is 2.03. The number of aliphatic carboxylic acids is 2. The highest BCUT2D eigenvalue weighted by Gasteiger charge is 2.15. The molecular formula is C4H7F3N2O4. The van der Waals surface area contributed by atoms with Crippen LogP contribution in [-0.2, 0) is 9.59 Å². The molecule has 0 aromatic carbocycles. The van der Waals surface area contributed by atoms with E-state index in [1.807, 2.05) is 0 Å². The molecule has 0 saturated heterocycles. The van der Waals surface area contributed by atoms with Gasteiger partial charge in [0.1, 0.15) is 0 Å². The van der Waals surface area contributed by atoms with Gasteiger partial charge in [-0.05, 0) is 0 Å². The maximum atomic E-state index is 11.3. The van der Waals surface area contributed by atoms with Crippen LogP contribution in [0.1, 0.15) is 0 Å². The zero-order valence-electron chi connectivity index (χ0n) is 6.08. The van der Waals surface area contributed by atoms with Gasteiger partial charge < -0.3 is 10.2 Å². The van der Waals surface area contributed by atoms with E-state index in [4.69, 9.17) is 19.8 Å². The van der Waals surface area contributed by atoms with Crippen LogP contribution in [0.3, 0.4) is 0 Å². The molecule has 0 aliphatic rings. The molecule has 0 fully saturated rings. The number of carboxylic acid groups (broad SMARTS) is 2. The summed E-state index contributed by atoms with van der Waals surface area (Å²) in [6.07, 6.45) is -5.44. The van der Waals surface area contributed by atoms with E-state index in [1.165, 1.54) is 5.43 Å². The van der Waals surface area contributed by atoms with Gasteiger partial charge in [0, 0.05) is 0 Å². The third-order valence-corrected chi connectivity index (χ3v) is 0.563. The topological polar surface area (TPSA) is 113 Å². The molecule has 13 heavy (non-hydrogen) atoms. The minimum atomic E-state index is -3.04. The Labute approximate surface area is 70.1 Å². The second kappa shape index (κ2) is 7.31. The number of hydrogen-bond acceptors (Lipinski definition) is 4. The SMILES string of the molecule is NNC(F)C(F)F.O=C(O)C(=O)O. The van der Waals surface area contributed by atoms with Crippen LogP contribution in [0.4, 0.5) is 13.2 Å². The van der Waals surface area contributed by atoms with E-state index in [1.54, 1.807) is 0 Å². The van der Waals surface area contributed by atoms with Gasteiger partial charge in [-0.15, -0.1) is 0 Å². The Morgan fingerprint density at radius 3 is 1.46 bits per heavy atom. The number of nitrogens with two attached hydrogens (primary N) is 1. The molecule has 0 aliphatic carbocycles. The summed E-state index contributed by atoms with van der Waals surface area (Å²) < 4.78 is 33.1. The Morgan fingerprint density at radius 1 is 1.15 bits per heavy atom. The lowest BCUT2D eigenvalue weighted by molar-refractivity contribution is -0.159. The molecule has 0 saturated carbocycles. The van der Waals surface area contributed by atoms with Gasteiger partial charge in [-0.1, -0.05) is 0 Å². The fourth-order valence-electron chi connectivity index (χ4n) is 0.0727. The van der Waals surface area contributed by atoms with Gasteiger partial charge in [-0.25, -0.2) is 28.2 Å². The zero-order chi connectivity index (χ0) is 11.0. The number of hydrazine groups is 1. The van der Waals surface area contributed by atoms with Crippen LogP contribution >= 0.6 is 0 Å². The summed E-state index contributed by atoms with van der Waals surface area (Å²) >= 11 is 0. The summed E-state index contributed by atoms with van der Waals surface area (Å²) in [5, 5.41) is 14.8. The normalized spacial score (nSPS) is 11.5. The first kappa shape index (κ1) is 14.2. The second-order valence-corrected chi connectivity index (χ2v) is 1.51. The highest BCUT2D eigenvalue weighted by Crippen LogP contribution is 1.98. The van der Waals surface area contributed by atoms with Crippen LogP contribution in [0.25, 0.3) is 0 Å². The molecule has 6 nitrogen and oxygen atoms in total. The van der Waals surface area contributed by atoms with E-state index in [0.717, 1.165) is 0 Å². The molecule has 0 aromatic rings. The molecule has 0 rings (SSSR count). The Bertz CT molecular complexity index is 165. The van der Waals surface area contributed by atoms with Crippen LogP contribution in [-0.4, -0.2) is 34.9 Å². The average molecular weight is 204 g/mol. The predicted octanol–water partition coefficient (Wildman–Crippen LogP) is -0.834. The maximum absolute atomic E-state index is 11.3. The van der Waals surface area contributed by atoms with Gasteiger partial charge in [-0.2, -0.15) is 0 Å². The number of hydrogen-bond donors (Lipinski definition) is 4. The molecule has 0 bridgehead atoms. The molecule has 0 radical (unpaired) electrons. The van der Waals surface area contributed by atoms with Crippen molar-refractivity contribution in [3.8, 4) is 0 Å². The smallest absolute Gasteiger partial charge is 0.414 e. The van der Waals surface area contributed by atoms with Crippen molar-refractivity contribution in [2.45, 2.75) is 12.7 Å². The minimum absolute atomic E-state index is 1.25. The molecular weight excluding hydrogens is 197 g/mol. The number of carboxylic acids is 2. The molecule has 78 valence electrons. The van der Waals surface area contributed by atoms with Crippen molar-refractivity contribution >= 4 is 11.9 Å². The lowest BCUT2D eigenvalue weighted by Gasteiger charge is -2.01. The molecule has 5 N–H and O–H groups in total. The van der Waals surface area contributed by atoms with Crippen molar-refractivity contribution in [3.63, 3.8) is 0 Å². The largest absolute Gasteiger partial charge is 0.473 e. The van der Waals surface area contributed by atoms with Crippen LogP contribution in [0, 0.1) is 0 Å². The standard InChI is InChI=1S/C2H5F3N2.C2H2O4/c3-1(4)2(5)7-6;3-1(4)2(5)6/h1-2,7H,6H2;(H,3,4)(H,5,6). The molecule has 0 heterocycles. The van der Waals surface area contributed by atoms with Gasteiger partial charge in [0.2, 0.25) is 6.30 Å². The predicted molar refractivity (Wildman–Crippen MR) is 33.5 cm³/mol. The summed E-state index contributed by atoms with van der Waals surface area (Å²) in [5.74, 6) is 0.620. The molecule has 1 unspecified atom stereocenters. The van der Waals surface area contributed by atoms with Crippen molar-refractivity contribution < 1.29 is 33.0 Å². The Balaban J connectivity index is 0. The van der Waals surface area contributed by atoms with Gasteiger partial charge in [-0.3, -0.25) is 5.84 Å². The van der Waals surface area contributed by atoms with Crippen molar-refractivity contribution in [1.29, 1.82) is 0 Å². The maximum Gasteiger partial charge on any atom is 0.414 e. The first-order chi connectivity index (χ1) is 5.82. The quantitative estimate of drug-likeness (QED) is 0.202. The monoisotopic (exact) mass is 204 g/mol. The third kappa shape index (κ3) is 10.7. The number of rotatable bonds is 2. The van der Waals surface area contributed by atoms with Crippen molar-refractivity contribution in [2.75, 3.05) is 0 Å². The Kier molecular flexibility index (Phi) is 7.98. The second-order valence-electron chi connectivity index (χ2n) is 1.51. The highest BCUT2D eigenvalue weighted by atomic mass is 19.3. The third-order valence-electron chi connectivity index (χ3n) is 0.563. The van der Waals surface area contributed by atoms with E-state index in [0.29, 0.717) is 0 Å². The molecule has 0 spiro atoms. The van der Waals surface area contributed by atoms with E-state index in [9.17, 15) is 13.2 Å². The summed E-state index contributed by atoms with van der Waals surface area (Å²) in [7, 11) is 0. The van der Waals surface area contributed by atoms with Crippen molar-refractivity contribution in [3.05, 3.63) is 0 Å². The van der Waals surface area contributed by atoms with Crippen molar-refractivity contribution in [1.82, 2.24) is 5.43 Å². The van der Waals surface area contributed by atoms with E-state index in [2.05, 4.69) is 5.84 Å². The first-order valence-electron chi connectivity index (χ1n) is 2.67. The highest BCUT2D eigenvalue weighted by molar-refractivity contribution is 6.27. The van der Waals surface area contributed by atoms with Crippen LogP contribution < -0.4 is 11.3 Å². The molecule has 1 atom stereocenters. The number of halogens is 3. The fourth-order valence-corrected chi connectivity index (χ4v) is 0.0727. The summed E-state index contributed by atoms with van der Waals surface area (Å²) in [6.45, 7) is 0. The van der Waals surface area contributed by atoms with Crippen molar-refractivity contribution in [2.24, 2.45) is 5.84 Å². The summed E-state index contributed by atoms with van der Waals surface area (Å²) in [6, 6.07) is 0. The number of nitrogens with one attached hydrogen (secondary N) is 1. The molecule has 9 heteroatoms. The number of alkyl halides is 3. The fraction of sp³-hybridized carbons (Fsp3) is 0.500. The van der Waals surface area contributed by atoms with Gasteiger partial charge in [0.15, 0.2) is 0 Å². The summed E-state index contributed by atoms with van der Waals surface area (Å²) in [5.41, 5.74) is 1.25. The zero-order valence-corrected chi connectivity index (χ0v) is 6.08. The lowest BCUT2D eigenvalue weighted by atomic mass is 10.7. The molecule has 0 amide bonds. The van der Waals surface area contributed by atoms with E-state index >= 15 is 0 Å². The van der Waals surface area contributed by atoms with Gasteiger partial charge >= 0.3 is 11.9 Å². The van der Waals surface area contributed by atoms with Crippen LogP contribution in [0.15, 0.2) is 0 Å². The van der Waals surface area contributed by atoms with E-state index < -0.39 is 24.7 Å². The van der Waals surface area contributed by atoms with Gasteiger partial charge in [0.25, 0.3) is 6.43 Å². The minimum Gasteiger partial charge on any atom is -0.473 e. The Hall–Kier alpha value is -1.35. The molecule has 0 aliphatic heterocycles. The van der Waals surface area contributed by atoms with Gasteiger partial charge in [0.05, 0.1) is 0 Å². The van der Waals surface area contributed by atoms with Crippen LogP contribution in [0.5, 0.6) is 0 Å². The Morgan fingerprint density at radius 2 is 1.46 bits per heavy atom. The summed E-state index contributed by atoms with van der Waals surface area (Å²) in [4.78, 5) is 18.2. The molecule has 0 aromatic heterocycles. The first-order valence-corrected chi connectivity index (χ1v) is 2.67.